The summed E-state index contributed by atoms with van der Waals surface area (Å²) in [6.45, 7) is 7.78. The Labute approximate surface area is 205 Å². The molecule has 1 aliphatic heterocycles. The van der Waals surface area contributed by atoms with Crippen molar-refractivity contribution in [2.24, 2.45) is 0 Å². The number of benzene rings is 3. The summed E-state index contributed by atoms with van der Waals surface area (Å²) in [5, 5.41) is 0. The van der Waals surface area contributed by atoms with Crippen molar-refractivity contribution in [2.75, 3.05) is 6.61 Å². The first-order valence-corrected chi connectivity index (χ1v) is 12.6. The summed E-state index contributed by atoms with van der Waals surface area (Å²) < 4.78 is 48.2. The van der Waals surface area contributed by atoms with Gasteiger partial charge in [-0.15, -0.1) is 6.58 Å². The summed E-state index contributed by atoms with van der Waals surface area (Å²) in [5.74, 6) is 0.364. The minimum atomic E-state index is -4.21. The van der Waals surface area contributed by atoms with Gasteiger partial charge in [0, 0.05) is 5.56 Å². The molecule has 7 nitrogen and oxygen atoms in total. The molecule has 3 aromatic carbocycles. The van der Waals surface area contributed by atoms with E-state index in [9.17, 15) is 4.57 Å². The van der Waals surface area contributed by atoms with Gasteiger partial charge in [-0.1, -0.05) is 72.8 Å². The molecule has 182 valence electrons. The van der Waals surface area contributed by atoms with Crippen LogP contribution in [0.1, 0.15) is 18.3 Å². The second kappa shape index (κ2) is 11.8. The maximum atomic E-state index is 13.6. The molecule has 4 rings (SSSR count). The van der Waals surface area contributed by atoms with Gasteiger partial charge in [0.1, 0.15) is 17.6 Å². The van der Waals surface area contributed by atoms with E-state index in [2.05, 4.69) is 13.2 Å². The van der Waals surface area contributed by atoms with Gasteiger partial charge in [-0.25, -0.2) is 0 Å². The number of para-hydroxylation sites is 2. The van der Waals surface area contributed by atoms with Crippen LogP contribution in [0.5, 0.6) is 11.5 Å². The van der Waals surface area contributed by atoms with Crippen molar-refractivity contribution in [3.63, 3.8) is 0 Å². The monoisotopic (exact) mass is 494 g/mol. The van der Waals surface area contributed by atoms with Crippen molar-refractivity contribution in [1.29, 1.82) is 0 Å². The van der Waals surface area contributed by atoms with E-state index in [-0.39, 0.29) is 12.6 Å². The smallest absolute Gasteiger partial charge is 0.457 e. The molecular formula is C27H27O7P. The lowest BCUT2D eigenvalue weighted by Crippen LogP contribution is -2.42. The molecule has 0 amide bonds. The standard InChI is InChI=1S/C27H27O7P/c1-3-13-25-26(20-29-27(31-25)22-14-7-4-8-15-22)30-21(2)32-35(28,33-23-16-9-5-10-17-23)34-24-18-11-6-12-19-24/h3-12,14-19,25-27H,1-2,13,20H2/t25-,26+,27+/m1/s1. The number of phosphoric ester groups is 1. The quantitative estimate of drug-likeness (QED) is 0.165. The predicted molar refractivity (Wildman–Crippen MR) is 132 cm³/mol. The van der Waals surface area contributed by atoms with Crippen LogP contribution >= 0.6 is 7.82 Å². The van der Waals surface area contributed by atoms with Crippen LogP contribution in [0.3, 0.4) is 0 Å². The Morgan fingerprint density at radius 2 is 1.46 bits per heavy atom. The van der Waals surface area contributed by atoms with Crippen molar-refractivity contribution in [2.45, 2.75) is 24.9 Å². The van der Waals surface area contributed by atoms with Gasteiger partial charge in [-0.3, -0.25) is 0 Å². The van der Waals surface area contributed by atoms with Crippen molar-refractivity contribution >= 4 is 7.82 Å². The Hall–Kier alpha value is -3.51. The van der Waals surface area contributed by atoms with Crippen molar-refractivity contribution in [3.05, 3.63) is 122 Å². The average molecular weight is 494 g/mol. The fourth-order valence-corrected chi connectivity index (χ4v) is 4.60. The third kappa shape index (κ3) is 6.99. The lowest BCUT2D eigenvalue weighted by Gasteiger charge is -2.36. The summed E-state index contributed by atoms with van der Waals surface area (Å²) in [5.41, 5.74) is 0.895. The zero-order chi connectivity index (χ0) is 24.5. The predicted octanol–water partition coefficient (Wildman–Crippen LogP) is 6.82. The fourth-order valence-electron chi connectivity index (χ4n) is 3.43. The molecule has 0 bridgehead atoms. The van der Waals surface area contributed by atoms with E-state index in [0.717, 1.165) is 5.56 Å². The van der Waals surface area contributed by atoms with E-state index in [1.165, 1.54) is 0 Å². The summed E-state index contributed by atoms with van der Waals surface area (Å²) in [4.78, 5) is 0. The molecule has 0 unspecified atom stereocenters. The molecule has 0 aromatic heterocycles. The molecule has 0 saturated carbocycles. The van der Waals surface area contributed by atoms with Gasteiger partial charge < -0.3 is 27.8 Å². The summed E-state index contributed by atoms with van der Waals surface area (Å²) in [6.07, 6.45) is 0.728. The third-order valence-electron chi connectivity index (χ3n) is 5.01. The molecule has 0 aliphatic carbocycles. The molecule has 1 aliphatic rings. The molecule has 0 N–H and O–H groups in total. The van der Waals surface area contributed by atoms with Crippen LogP contribution < -0.4 is 9.05 Å². The van der Waals surface area contributed by atoms with Crippen molar-refractivity contribution < 1.29 is 32.3 Å². The second-order valence-corrected chi connectivity index (χ2v) is 9.09. The topological polar surface area (TPSA) is 72.5 Å². The molecule has 1 saturated heterocycles. The highest BCUT2D eigenvalue weighted by Crippen LogP contribution is 2.51. The van der Waals surface area contributed by atoms with Gasteiger partial charge in [0.25, 0.3) is 5.95 Å². The van der Waals surface area contributed by atoms with Crippen LogP contribution in [0.25, 0.3) is 0 Å². The first kappa shape index (κ1) is 24.6. The Kier molecular flexibility index (Phi) is 8.27. The maximum absolute atomic E-state index is 13.6. The van der Waals surface area contributed by atoms with E-state index in [0.29, 0.717) is 17.9 Å². The maximum Gasteiger partial charge on any atom is 0.649 e. The first-order chi connectivity index (χ1) is 17.0. The highest BCUT2D eigenvalue weighted by atomic mass is 31.2. The summed E-state index contributed by atoms with van der Waals surface area (Å²) in [6, 6.07) is 26.8. The van der Waals surface area contributed by atoms with E-state index in [1.807, 2.05) is 42.5 Å². The molecular weight excluding hydrogens is 467 g/mol. The first-order valence-electron chi connectivity index (χ1n) is 11.1. The van der Waals surface area contributed by atoms with E-state index < -0.39 is 26.3 Å². The number of phosphoric acid groups is 1. The van der Waals surface area contributed by atoms with Crippen molar-refractivity contribution in [3.8, 4) is 11.5 Å². The zero-order valence-electron chi connectivity index (χ0n) is 19.1. The number of hydrogen-bond donors (Lipinski definition) is 0. The molecule has 35 heavy (non-hydrogen) atoms. The third-order valence-corrected chi connectivity index (χ3v) is 6.31. The number of rotatable bonds is 11. The van der Waals surface area contributed by atoms with E-state index in [4.69, 9.17) is 27.8 Å². The van der Waals surface area contributed by atoms with Crippen LogP contribution in [-0.2, 0) is 23.3 Å². The van der Waals surface area contributed by atoms with Gasteiger partial charge in [0.05, 0.1) is 6.61 Å². The summed E-state index contributed by atoms with van der Waals surface area (Å²) in [7, 11) is -4.21. The largest absolute Gasteiger partial charge is 0.649 e. The van der Waals surface area contributed by atoms with Crippen molar-refractivity contribution in [1.82, 2.24) is 0 Å². The molecule has 0 radical (unpaired) electrons. The molecule has 1 heterocycles. The second-order valence-electron chi connectivity index (χ2n) is 7.65. The minimum absolute atomic E-state index is 0.198. The molecule has 3 aromatic rings. The minimum Gasteiger partial charge on any atom is -0.457 e. The fraction of sp³-hybridized carbons (Fsp3) is 0.185. The number of hydrogen-bond acceptors (Lipinski definition) is 7. The van der Waals surface area contributed by atoms with Crippen LogP contribution in [0.15, 0.2) is 116 Å². The Morgan fingerprint density at radius 3 is 2.00 bits per heavy atom. The molecule has 0 spiro atoms. The van der Waals surface area contributed by atoms with Gasteiger partial charge in [-0.05, 0) is 37.3 Å². The van der Waals surface area contributed by atoms with Gasteiger partial charge in [0.15, 0.2) is 12.4 Å². The summed E-state index contributed by atoms with van der Waals surface area (Å²) >= 11 is 0. The van der Waals surface area contributed by atoms with E-state index in [1.54, 1.807) is 54.6 Å². The SMILES string of the molecule is C=CC[C@H]1O[C@@H](c2ccccc2)OC[C@@H]1OC(=C)OP(=O)(Oc1ccccc1)Oc1ccccc1. The van der Waals surface area contributed by atoms with Crippen LogP contribution in [0, 0.1) is 0 Å². The Balaban J connectivity index is 1.45. The lowest BCUT2D eigenvalue weighted by atomic mass is 10.1. The highest BCUT2D eigenvalue weighted by molar-refractivity contribution is 7.49. The van der Waals surface area contributed by atoms with Crippen LogP contribution in [-0.4, -0.2) is 18.8 Å². The van der Waals surface area contributed by atoms with Crippen LogP contribution in [0.2, 0.25) is 0 Å². The lowest BCUT2D eigenvalue weighted by molar-refractivity contribution is -0.262. The Bertz CT molecular complexity index is 1090. The molecule has 3 atom stereocenters. The zero-order valence-corrected chi connectivity index (χ0v) is 20.0. The number of ether oxygens (including phenoxy) is 3. The van der Waals surface area contributed by atoms with Crippen LogP contribution in [0.4, 0.5) is 0 Å². The van der Waals surface area contributed by atoms with E-state index >= 15 is 0 Å². The van der Waals surface area contributed by atoms with Gasteiger partial charge >= 0.3 is 7.82 Å². The normalized spacial score (nSPS) is 19.8. The van der Waals surface area contributed by atoms with Gasteiger partial charge in [0.2, 0.25) is 0 Å². The molecule has 8 heteroatoms. The van der Waals surface area contributed by atoms with Gasteiger partial charge in [-0.2, -0.15) is 4.57 Å². The Morgan fingerprint density at radius 1 is 0.914 bits per heavy atom. The molecule has 1 fully saturated rings. The highest BCUT2D eigenvalue weighted by Gasteiger charge is 2.38. The average Bonchev–Trinajstić information content (AvgIpc) is 2.86.